The summed E-state index contributed by atoms with van der Waals surface area (Å²) in [5.41, 5.74) is 1.25. The first-order valence-electron chi connectivity index (χ1n) is 12.0. The Morgan fingerprint density at radius 2 is 1.97 bits per heavy atom. The summed E-state index contributed by atoms with van der Waals surface area (Å²) in [4.78, 5) is 21.7. The number of hydrogen-bond acceptors (Lipinski definition) is 11. The number of methoxy groups -OCH3 is 1. The standard InChI is InChI=1S/C25H27N4O8PS/c1-15(25(32)34-2)28-38(33,37-16-7-4-3-5-8-16)35-13-18-21(30)22(31)24(36-18)29-11-10-17-20(19-9-6-12-39-19)26-14-27-23(17)29/h3-12,14-15,18,21-22,24,30-31H,13H2,1-2H3,(H,28,33)/t15-,18+,21+,22+,24+,38?/m0/s1. The second-order valence-electron chi connectivity index (χ2n) is 8.78. The molecule has 5 rings (SSSR count). The van der Waals surface area contributed by atoms with Crippen LogP contribution < -0.4 is 9.61 Å². The minimum atomic E-state index is -4.17. The molecule has 14 heteroatoms. The number of hydrogen-bond donors (Lipinski definition) is 3. The third-order valence-corrected chi connectivity index (χ3v) is 8.68. The minimum Gasteiger partial charge on any atom is -0.468 e. The van der Waals surface area contributed by atoms with E-state index >= 15 is 0 Å². The predicted molar refractivity (Wildman–Crippen MR) is 142 cm³/mol. The van der Waals surface area contributed by atoms with Crippen LogP contribution in [0.2, 0.25) is 0 Å². The van der Waals surface area contributed by atoms with E-state index in [2.05, 4.69) is 15.1 Å². The number of para-hydroxylation sites is 1. The molecule has 206 valence electrons. The average molecular weight is 575 g/mol. The van der Waals surface area contributed by atoms with Crippen molar-refractivity contribution in [3.8, 4) is 16.3 Å². The Bertz CT molecular complexity index is 1470. The lowest BCUT2D eigenvalue weighted by Gasteiger charge is -2.24. The number of rotatable bonds is 10. The molecule has 1 aliphatic heterocycles. The number of carbonyl (C=O) groups excluding carboxylic acids is 1. The van der Waals surface area contributed by atoms with Gasteiger partial charge in [0.05, 0.1) is 24.3 Å². The lowest BCUT2D eigenvalue weighted by molar-refractivity contribution is -0.142. The Hall–Kier alpha value is -3.16. The van der Waals surface area contributed by atoms with Gasteiger partial charge in [-0.25, -0.2) is 14.5 Å². The molecule has 1 aliphatic rings. The van der Waals surface area contributed by atoms with Crippen LogP contribution in [0.3, 0.4) is 0 Å². The first kappa shape index (κ1) is 27.4. The third-order valence-electron chi connectivity index (χ3n) is 6.16. The molecule has 0 radical (unpaired) electrons. The summed E-state index contributed by atoms with van der Waals surface area (Å²) in [6, 6.07) is 12.9. The highest BCUT2D eigenvalue weighted by molar-refractivity contribution is 7.52. The van der Waals surface area contributed by atoms with E-state index < -0.39 is 50.9 Å². The van der Waals surface area contributed by atoms with Crippen LogP contribution in [-0.4, -0.2) is 68.8 Å². The highest BCUT2D eigenvalue weighted by Gasteiger charge is 2.46. The molecule has 6 atom stereocenters. The Morgan fingerprint density at radius 3 is 2.69 bits per heavy atom. The smallest absolute Gasteiger partial charge is 0.459 e. The fraction of sp³-hybridized carbons (Fsp3) is 0.320. The molecule has 0 bridgehead atoms. The van der Waals surface area contributed by atoms with E-state index in [1.165, 1.54) is 20.4 Å². The number of thiophene rings is 1. The van der Waals surface area contributed by atoms with Crippen molar-refractivity contribution in [1.29, 1.82) is 0 Å². The van der Waals surface area contributed by atoms with E-state index in [0.29, 0.717) is 5.65 Å². The van der Waals surface area contributed by atoms with Gasteiger partial charge in [-0.1, -0.05) is 24.3 Å². The van der Waals surface area contributed by atoms with Crippen molar-refractivity contribution >= 4 is 36.1 Å². The van der Waals surface area contributed by atoms with Crippen molar-refractivity contribution in [2.75, 3.05) is 13.7 Å². The molecule has 12 nitrogen and oxygen atoms in total. The van der Waals surface area contributed by atoms with Crippen molar-refractivity contribution in [3.05, 3.63) is 66.4 Å². The SMILES string of the molecule is COC(=O)[C@H](C)NP(=O)(OC[C@H]1O[C@@H](n2ccc3c(-c4cccs4)ncnc32)[C@H](O)[C@@H]1O)Oc1ccccc1. The first-order chi connectivity index (χ1) is 18.8. The Morgan fingerprint density at radius 1 is 1.18 bits per heavy atom. The fourth-order valence-electron chi connectivity index (χ4n) is 4.23. The van der Waals surface area contributed by atoms with E-state index in [0.717, 1.165) is 16.0 Å². The van der Waals surface area contributed by atoms with Crippen molar-refractivity contribution in [1.82, 2.24) is 19.6 Å². The minimum absolute atomic E-state index is 0.233. The summed E-state index contributed by atoms with van der Waals surface area (Å²) in [6.07, 6.45) is -1.68. The summed E-state index contributed by atoms with van der Waals surface area (Å²) in [7, 11) is -2.96. The molecule has 3 aromatic heterocycles. The van der Waals surface area contributed by atoms with Crippen LogP contribution in [0.1, 0.15) is 13.2 Å². The maximum Gasteiger partial charge on any atom is 0.459 e. The van der Waals surface area contributed by atoms with E-state index in [4.69, 9.17) is 18.5 Å². The largest absolute Gasteiger partial charge is 0.468 e. The Kier molecular flexibility index (Phi) is 8.10. The van der Waals surface area contributed by atoms with E-state index in [-0.39, 0.29) is 5.75 Å². The number of aliphatic hydroxyl groups excluding tert-OH is 2. The van der Waals surface area contributed by atoms with Crippen LogP contribution in [0, 0.1) is 0 Å². The number of nitrogens with zero attached hydrogens (tertiary/aromatic N) is 3. The molecular weight excluding hydrogens is 547 g/mol. The molecule has 0 saturated carbocycles. The molecule has 1 saturated heterocycles. The summed E-state index contributed by atoms with van der Waals surface area (Å²) in [5.74, 6) is -0.442. The summed E-state index contributed by atoms with van der Waals surface area (Å²) >= 11 is 1.54. The molecular formula is C25H27N4O8PS. The van der Waals surface area contributed by atoms with Crippen LogP contribution in [0.5, 0.6) is 5.75 Å². The van der Waals surface area contributed by atoms with Gasteiger partial charge in [0.1, 0.15) is 42.1 Å². The quantitative estimate of drug-likeness (QED) is 0.189. The van der Waals surface area contributed by atoms with Crippen LogP contribution in [0.15, 0.2) is 66.4 Å². The molecule has 0 amide bonds. The second-order valence-corrected chi connectivity index (χ2v) is 11.4. The number of ether oxygens (including phenoxy) is 2. The van der Waals surface area contributed by atoms with Gasteiger partial charge < -0.3 is 28.8 Å². The average Bonchev–Trinajstić information content (AvgIpc) is 3.68. The zero-order valence-electron chi connectivity index (χ0n) is 21.0. The fourth-order valence-corrected chi connectivity index (χ4v) is 6.47. The number of aliphatic hydroxyl groups is 2. The van der Waals surface area contributed by atoms with Gasteiger partial charge in [-0.2, -0.15) is 5.09 Å². The van der Waals surface area contributed by atoms with Gasteiger partial charge in [0.25, 0.3) is 0 Å². The van der Waals surface area contributed by atoms with Gasteiger partial charge in [0.2, 0.25) is 0 Å². The summed E-state index contributed by atoms with van der Waals surface area (Å²) < 4.78 is 37.1. The zero-order valence-corrected chi connectivity index (χ0v) is 22.7. The van der Waals surface area contributed by atoms with E-state index in [9.17, 15) is 19.6 Å². The van der Waals surface area contributed by atoms with Crippen molar-refractivity contribution in [2.24, 2.45) is 0 Å². The normalized spacial score (nSPS) is 23.4. The summed E-state index contributed by atoms with van der Waals surface area (Å²) in [6.45, 7) is 1.02. The van der Waals surface area contributed by atoms with Crippen LogP contribution in [0.4, 0.5) is 0 Å². The Balaban J connectivity index is 1.34. The van der Waals surface area contributed by atoms with Gasteiger partial charge in [0, 0.05) is 11.6 Å². The first-order valence-corrected chi connectivity index (χ1v) is 14.4. The van der Waals surface area contributed by atoms with Crippen molar-refractivity contribution in [3.63, 3.8) is 0 Å². The van der Waals surface area contributed by atoms with Gasteiger partial charge in [-0.15, -0.1) is 11.3 Å². The second kappa shape index (κ2) is 11.5. The highest BCUT2D eigenvalue weighted by Crippen LogP contribution is 2.46. The monoisotopic (exact) mass is 574 g/mol. The van der Waals surface area contributed by atoms with Crippen LogP contribution in [-0.2, 0) is 23.4 Å². The molecule has 1 aromatic carbocycles. The molecule has 4 aromatic rings. The highest BCUT2D eigenvalue weighted by atomic mass is 32.1. The number of fused-ring (bicyclic) bond motifs is 1. The van der Waals surface area contributed by atoms with Gasteiger partial charge in [0.15, 0.2) is 6.23 Å². The predicted octanol–water partition coefficient (Wildman–Crippen LogP) is 3.13. The summed E-state index contributed by atoms with van der Waals surface area (Å²) in [5, 5.41) is 26.9. The number of aromatic nitrogens is 3. The number of carbonyl (C=O) groups is 1. The molecule has 1 unspecified atom stereocenters. The van der Waals surface area contributed by atoms with Crippen LogP contribution >= 0.6 is 19.1 Å². The van der Waals surface area contributed by atoms with Crippen LogP contribution in [0.25, 0.3) is 21.6 Å². The lowest BCUT2D eigenvalue weighted by Crippen LogP contribution is -2.37. The molecule has 0 aliphatic carbocycles. The van der Waals surface area contributed by atoms with Gasteiger partial charge in [-0.3, -0.25) is 9.32 Å². The molecule has 39 heavy (non-hydrogen) atoms. The maximum atomic E-state index is 13.6. The van der Waals surface area contributed by atoms with Crippen molar-refractivity contribution < 1.29 is 38.1 Å². The lowest BCUT2D eigenvalue weighted by atomic mass is 10.1. The van der Waals surface area contributed by atoms with Gasteiger partial charge in [-0.05, 0) is 36.6 Å². The topological polar surface area (TPSA) is 154 Å². The molecule has 4 heterocycles. The Labute approximate surface area is 227 Å². The molecule has 0 spiro atoms. The molecule has 1 fully saturated rings. The number of nitrogens with one attached hydrogen (secondary N) is 1. The number of esters is 1. The molecule has 3 N–H and O–H groups in total. The van der Waals surface area contributed by atoms with E-state index in [1.54, 1.807) is 52.4 Å². The van der Waals surface area contributed by atoms with Gasteiger partial charge >= 0.3 is 13.7 Å². The maximum absolute atomic E-state index is 13.6. The third kappa shape index (κ3) is 5.75. The van der Waals surface area contributed by atoms with E-state index in [1.807, 2.05) is 23.6 Å². The van der Waals surface area contributed by atoms with Crippen molar-refractivity contribution in [2.45, 2.75) is 37.5 Å². The zero-order chi connectivity index (χ0) is 27.6. The number of benzene rings is 1.